The zero-order valence-corrected chi connectivity index (χ0v) is 27.9. The predicted octanol–water partition coefficient (Wildman–Crippen LogP) is 6.60. The number of rotatable bonds is 12. The Hall–Kier alpha value is -2.79. The third kappa shape index (κ3) is 8.18. The van der Waals surface area contributed by atoms with Crippen molar-refractivity contribution in [3.05, 3.63) is 86.3 Å². The van der Waals surface area contributed by atoms with Crippen molar-refractivity contribution in [2.75, 3.05) is 18.0 Å². The van der Waals surface area contributed by atoms with Crippen LogP contribution in [0.1, 0.15) is 38.3 Å². The molecular formula is C30H34BrCl2N3O5S. The summed E-state index contributed by atoms with van der Waals surface area (Å²) in [4.78, 5) is 28.5. The Kier molecular flexibility index (Phi) is 11.7. The molecule has 0 saturated heterocycles. The zero-order chi connectivity index (χ0) is 31.2. The lowest BCUT2D eigenvalue weighted by Gasteiger charge is -2.32. The number of carbonyl (C=O) groups is 2. The van der Waals surface area contributed by atoms with E-state index in [-0.39, 0.29) is 23.4 Å². The molecule has 0 bridgehead atoms. The van der Waals surface area contributed by atoms with E-state index in [1.165, 1.54) is 30.2 Å². The third-order valence-corrected chi connectivity index (χ3v) is 9.95. The molecule has 0 aliphatic heterocycles. The van der Waals surface area contributed by atoms with Crippen molar-refractivity contribution in [2.45, 2.75) is 57.6 Å². The lowest BCUT2D eigenvalue weighted by atomic mass is 10.1. The number of sulfonamides is 1. The van der Waals surface area contributed by atoms with Crippen LogP contribution in [0.5, 0.6) is 5.75 Å². The van der Waals surface area contributed by atoms with Crippen LogP contribution in [-0.2, 0) is 26.2 Å². The molecule has 0 saturated carbocycles. The van der Waals surface area contributed by atoms with Crippen molar-refractivity contribution in [1.82, 2.24) is 10.2 Å². The number of nitrogens with zero attached hydrogens (tertiary/aromatic N) is 2. The highest BCUT2D eigenvalue weighted by molar-refractivity contribution is 9.10. The fourth-order valence-electron chi connectivity index (χ4n) is 4.06. The predicted molar refractivity (Wildman–Crippen MR) is 171 cm³/mol. The maximum absolute atomic E-state index is 14.0. The number of hydrogen-bond donors (Lipinski definition) is 1. The average Bonchev–Trinajstić information content (AvgIpc) is 2.96. The molecule has 3 rings (SSSR count). The summed E-state index contributed by atoms with van der Waals surface area (Å²) in [6.45, 7) is 6.74. The number of halogens is 3. The highest BCUT2D eigenvalue weighted by Gasteiger charge is 2.33. The fourth-order valence-corrected chi connectivity index (χ4v) is 6.51. The van der Waals surface area contributed by atoms with Crippen molar-refractivity contribution >= 4 is 66.7 Å². The Morgan fingerprint density at radius 1 is 1.00 bits per heavy atom. The number of hydrogen-bond acceptors (Lipinski definition) is 5. The molecule has 0 spiro atoms. The van der Waals surface area contributed by atoms with Gasteiger partial charge in [0.25, 0.3) is 10.0 Å². The maximum atomic E-state index is 14.0. The Labute approximate surface area is 266 Å². The second-order valence-electron chi connectivity index (χ2n) is 9.91. The average molecular weight is 699 g/mol. The molecule has 42 heavy (non-hydrogen) atoms. The standard InChI is InChI=1S/C30H34BrCl2N3O5S/c1-6-20(3)34-30(38)21(4)35(17-22-9-13-26(32)27(33)15-22)29(37)18-36(23-10-7-19(2)8-11-23)42(39,40)24-12-14-28(41-5)25(31)16-24/h7-16,20-21H,6,17-18H2,1-5H3,(H,34,38)/t20-,21+/m1/s1. The second kappa shape index (κ2) is 14.6. The van der Waals surface area contributed by atoms with E-state index in [1.807, 2.05) is 20.8 Å². The van der Waals surface area contributed by atoms with Crippen LogP contribution in [0, 0.1) is 6.92 Å². The van der Waals surface area contributed by atoms with Crippen LogP contribution in [0.3, 0.4) is 0 Å². The highest BCUT2D eigenvalue weighted by Crippen LogP contribution is 2.31. The van der Waals surface area contributed by atoms with Gasteiger partial charge in [0.15, 0.2) is 0 Å². The van der Waals surface area contributed by atoms with E-state index >= 15 is 0 Å². The summed E-state index contributed by atoms with van der Waals surface area (Å²) in [5.74, 6) is -0.480. The van der Waals surface area contributed by atoms with Gasteiger partial charge < -0.3 is 15.0 Å². The van der Waals surface area contributed by atoms with Crippen LogP contribution in [0.2, 0.25) is 10.0 Å². The van der Waals surface area contributed by atoms with Crippen molar-refractivity contribution in [2.24, 2.45) is 0 Å². The molecule has 0 aliphatic carbocycles. The minimum atomic E-state index is -4.24. The largest absolute Gasteiger partial charge is 0.496 e. The van der Waals surface area contributed by atoms with Crippen LogP contribution < -0.4 is 14.4 Å². The molecule has 0 heterocycles. The van der Waals surface area contributed by atoms with E-state index in [4.69, 9.17) is 27.9 Å². The van der Waals surface area contributed by atoms with Gasteiger partial charge in [-0.05, 0) is 91.1 Å². The van der Waals surface area contributed by atoms with E-state index in [1.54, 1.807) is 49.4 Å². The molecule has 1 N–H and O–H groups in total. The molecular weight excluding hydrogens is 665 g/mol. The van der Waals surface area contributed by atoms with Gasteiger partial charge >= 0.3 is 0 Å². The summed E-state index contributed by atoms with van der Waals surface area (Å²) in [5, 5.41) is 3.55. The van der Waals surface area contributed by atoms with Crippen molar-refractivity contribution in [3.8, 4) is 5.75 Å². The van der Waals surface area contributed by atoms with E-state index in [0.717, 1.165) is 9.87 Å². The normalized spacial score (nSPS) is 12.8. The first-order chi connectivity index (χ1) is 19.8. The lowest BCUT2D eigenvalue weighted by Crippen LogP contribution is -2.52. The van der Waals surface area contributed by atoms with Crippen LogP contribution in [0.15, 0.2) is 70.0 Å². The van der Waals surface area contributed by atoms with Gasteiger partial charge in [0.1, 0.15) is 18.3 Å². The lowest BCUT2D eigenvalue weighted by molar-refractivity contribution is -0.139. The summed E-state index contributed by atoms with van der Waals surface area (Å²) < 4.78 is 34.8. The highest BCUT2D eigenvalue weighted by atomic mass is 79.9. The smallest absolute Gasteiger partial charge is 0.264 e. The van der Waals surface area contributed by atoms with E-state index < -0.39 is 28.5 Å². The minimum absolute atomic E-state index is 0.000679. The summed E-state index contributed by atoms with van der Waals surface area (Å²) in [5.41, 5.74) is 1.85. The number of benzene rings is 3. The number of ether oxygens (including phenoxy) is 1. The van der Waals surface area contributed by atoms with Crippen LogP contribution >= 0.6 is 39.1 Å². The van der Waals surface area contributed by atoms with Gasteiger partial charge in [0.2, 0.25) is 11.8 Å². The van der Waals surface area contributed by atoms with Gasteiger partial charge in [-0.3, -0.25) is 13.9 Å². The molecule has 3 aromatic carbocycles. The maximum Gasteiger partial charge on any atom is 0.264 e. The molecule has 226 valence electrons. The summed E-state index contributed by atoms with van der Waals surface area (Å²) in [6.07, 6.45) is 0.704. The molecule has 0 unspecified atom stereocenters. The molecule has 0 radical (unpaired) electrons. The van der Waals surface area contributed by atoms with Gasteiger partial charge in [0.05, 0.1) is 32.2 Å². The Balaban J connectivity index is 2.06. The van der Waals surface area contributed by atoms with Crippen LogP contribution in [-0.4, -0.2) is 50.9 Å². The fraction of sp³-hybridized carbons (Fsp3) is 0.333. The molecule has 2 amide bonds. The molecule has 3 aromatic rings. The minimum Gasteiger partial charge on any atom is -0.496 e. The van der Waals surface area contributed by atoms with Crippen molar-refractivity contribution in [1.29, 1.82) is 0 Å². The van der Waals surface area contributed by atoms with Crippen molar-refractivity contribution < 1.29 is 22.7 Å². The molecule has 0 aliphatic rings. The van der Waals surface area contributed by atoms with Crippen LogP contribution in [0.4, 0.5) is 5.69 Å². The topological polar surface area (TPSA) is 96.0 Å². The number of anilines is 1. The second-order valence-corrected chi connectivity index (χ2v) is 13.4. The van der Waals surface area contributed by atoms with Gasteiger partial charge in [0, 0.05) is 12.6 Å². The Morgan fingerprint density at radius 2 is 1.67 bits per heavy atom. The number of aryl methyl sites for hydroxylation is 1. The first-order valence-electron chi connectivity index (χ1n) is 13.2. The molecule has 2 atom stereocenters. The Morgan fingerprint density at radius 3 is 2.24 bits per heavy atom. The quantitative estimate of drug-likeness (QED) is 0.230. The summed E-state index contributed by atoms with van der Waals surface area (Å²) >= 11 is 15.7. The first kappa shape index (κ1) is 33.7. The monoisotopic (exact) mass is 697 g/mol. The summed E-state index contributed by atoms with van der Waals surface area (Å²) in [7, 11) is -2.76. The molecule has 0 aromatic heterocycles. The van der Waals surface area contributed by atoms with E-state index in [2.05, 4.69) is 21.2 Å². The molecule has 0 fully saturated rings. The number of amides is 2. The van der Waals surface area contributed by atoms with Gasteiger partial charge in [-0.1, -0.05) is 53.9 Å². The van der Waals surface area contributed by atoms with E-state index in [9.17, 15) is 18.0 Å². The van der Waals surface area contributed by atoms with E-state index in [0.29, 0.717) is 37.9 Å². The SMILES string of the molecule is CC[C@@H](C)NC(=O)[C@H](C)N(Cc1ccc(Cl)c(Cl)c1)C(=O)CN(c1ccc(C)cc1)S(=O)(=O)c1ccc(OC)c(Br)c1. The van der Waals surface area contributed by atoms with Gasteiger partial charge in [-0.15, -0.1) is 0 Å². The molecule has 8 nitrogen and oxygen atoms in total. The van der Waals surface area contributed by atoms with Crippen molar-refractivity contribution in [3.63, 3.8) is 0 Å². The molecule has 12 heteroatoms. The van der Waals surface area contributed by atoms with Gasteiger partial charge in [-0.25, -0.2) is 8.42 Å². The Bertz CT molecular complexity index is 1540. The number of nitrogens with one attached hydrogen (secondary N) is 1. The van der Waals surface area contributed by atoms with Crippen LogP contribution in [0.25, 0.3) is 0 Å². The third-order valence-electron chi connectivity index (χ3n) is 6.82. The first-order valence-corrected chi connectivity index (χ1v) is 16.2. The number of carbonyl (C=O) groups excluding carboxylic acids is 2. The zero-order valence-electron chi connectivity index (χ0n) is 24.0. The number of methoxy groups -OCH3 is 1. The summed E-state index contributed by atoms with van der Waals surface area (Å²) in [6, 6.07) is 15.1. The van der Waals surface area contributed by atoms with Gasteiger partial charge in [-0.2, -0.15) is 0 Å².